The molecule has 1 aliphatic heterocycles. The predicted octanol–water partition coefficient (Wildman–Crippen LogP) is 1.40. The normalized spacial score (nSPS) is 20.6. The van der Waals surface area contributed by atoms with Crippen LogP contribution in [-0.4, -0.2) is 34.5 Å². The highest BCUT2D eigenvalue weighted by atomic mass is 16.5. The molecule has 90 valence electrons. The second kappa shape index (κ2) is 4.25. The third kappa shape index (κ3) is 1.93. The smallest absolute Gasteiger partial charge is 0.240 e. The van der Waals surface area contributed by atoms with E-state index in [2.05, 4.69) is 15.5 Å². The first kappa shape index (κ1) is 10.4. The number of benzene rings is 1. The third-order valence-corrected chi connectivity index (χ3v) is 3.07. The van der Waals surface area contributed by atoms with Gasteiger partial charge in [0, 0.05) is 6.54 Å². The van der Waals surface area contributed by atoms with Gasteiger partial charge < -0.3 is 15.2 Å². The molecule has 1 unspecified atom stereocenters. The minimum absolute atomic E-state index is 0.164. The monoisotopic (exact) mass is 233 g/mol. The van der Waals surface area contributed by atoms with Crippen molar-refractivity contribution < 1.29 is 9.84 Å². The molecule has 0 aliphatic carbocycles. The molecule has 0 amide bonds. The van der Waals surface area contributed by atoms with Crippen molar-refractivity contribution in [2.24, 2.45) is 0 Å². The van der Waals surface area contributed by atoms with E-state index in [0.717, 1.165) is 31.3 Å². The number of nitrogens with zero attached hydrogens (tertiary/aromatic N) is 1. The number of hydrogen-bond donors (Lipinski definition) is 3. The van der Waals surface area contributed by atoms with Crippen LogP contribution in [0.15, 0.2) is 18.2 Å². The van der Waals surface area contributed by atoms with Crippen LogP contribution >= 0.6 is 0 Å². The Hall–Kier alpha value is -1.75. The number of piperidine rings is 1. The number of aromatic hydroxyl groups is 1. The van der Waals surface area contributed by atoms with Gasteiger partial charge in [-0.05, 0) is 31.5 Å². The summed E-state index contributed by atoms with van der Waals surface area (Å²) in [5, 5.41) is 20.7. The number of H-pyrrole nitrogens is 1. The predicted molar refractivity (Wildman–Crippen MR) is 64.3 cm³/mol. The zero-order chi connectivity index (χ0) is 11.7. The van der Waals surface area contributed by atoms with Gasteiger partial charge in [0.05, 0.1) is 5.39 Å². The van der Waals surface area contributed by atoms with Crippen molar-refractivity contribution in [1.29, 1.82) is 0 Å². The first-order valence-electron chi connectivity index (χ1n) is 5.88. The van der Waals surface area contributed by atoms with Crippen molar-refractivity contribution in [2.45, 2.75) is 18.9 Å². The summed E-state index contributed by atoms with van der Waals surface area (Å²) in [6.45, 7) is 1.91. The zero-order valence-corrected chi connectivity index (χ0v) is 9.44. The van der Waals surface area contributed by atoms with Crippen LogP contribution in [0.2, 0.25) is 0 Å². The lowest BCUT2D eigenvalue weighted by Crippen LogP contribution is -2.37. The van der Waals surface area contributed by atoms with E-state index in [9.17, 15) is 5.11 Å². The van der Waals surface area contributed by atoms with Crippen LogP contribution in [0.25, 0.3) is 10.9 Å². The number of nitrogens with one attached hydrogen (secondary N) is 2. The lowest BCUT2D eigenvalue weighted by atomic mass is 10.1. The number of phenols is 1. The number of hydrogen-bond acceptors (Lipinski definition) is 4. The number of ether oxygens (including phenoxy) is 1. The van der Waals surface area contributed by atoms with Crippen LogP contribution in [0.5, 0.6) is 11.6 Å². The van der Waals surface area contributed by atoms with E-state index >= 15 is 0 Å². The molecule has 1 aliphatic rings. The summed E-state index contributed by atoms with van der Waals surface area (Å²) < 4.78 is 5.85. The fourth-order valence-corrected chi connectivity index (χ4v) is 2.17. The summed E-state index contributed by atoms with van der Waals surface area (Å²) in [5.74, 6) is 0.774. The number of aromatic amines is 1. The summed E-state index contributed by atoms with van der Waals surface area (Å²) in [6, 6.07) is 5.32. The van der Waals surface area contributed by atoms with Crippen LogP contribution in [0.4, 0.5) is 0 Å². The Morgan fingerprint density at radius 1 is 1.41 bits per heavy atom. The maximum atomic E-state index is 9.65. The van der Waals surface area contributed by atoms with Crippen LogP contribution in [0.3, 0.4) is 0 Å². The Balaban J connectivity index is 1.87. The van der Waals surface area contributed by atoms with Gasteiger partial charge in [0.2, 0.25) is 5.88 Å². The molecule has 3 N–H and O–H groups in total. The summed E-state index contributed by atoms with van der Waals surface area (Å²) >= 11 is 0. The topological polar surface area (TPSA) is 70.2 Å². The number of fused-ring (bicyclic) bond motifs is 1. The van der Waals surface area contributed by atoms with Gasteiger partial charge in [-0.25, -0.2) is 0 Å². The molecule has 1 aromatic heterocycles. The van der Waals surface area contributed by atoms with E-state index in [4.69, 9.17) is 4.74 Å². The molecule has 1 saturated heterocycles. The van der Waals surface area contributed by atoms with E-state index < -0.39 is 0 Å². The van der Waals surface area contributed by atoms with Gasteiger partial charge in [-0.2, -0.15) is 0 Å². The Morgan fingerprint density at radius 2 is 2.35 bits per heavy atom. The average molecular weight is 233 g/mol. The van der Waals surface area contributed by atoms with Gasteiger partial charge >= 0.3 is 0 Å². The van der Waals surface area contributed by atoms with E-state index in [1.54, 1.807) is 12.1 Å². The quantitative estimate of drug-likeness (QED) is 0.733. The fraction of sp³-hybridized carbons (Fsp3) is 0.417. The molecule has 0 saturated carbocycles. The van der Waals surface area contributed by atoms with E-state index in [1.807, 2.05) is 6.07 Å². The summed E-state index contributed by atoms with van der Waals surface area (Å²) in [7, 11) is 0. The highest BCUT2D eigenvalue weighted by Gasteiger charge is 2.17. The molecule has 2 heterocycles. The van der Waals surface area contributed by atoms with Gasteiger partial charge in [-0.1, -0.05) is 6.07 Å². The number of para-hydroxylation sites is 1. The number of rotatable bonds is 2. The fourth-order valence-electron chi connectivity index (χ4n) is 2.17. The van der Waals surface area contributed by atoms with Crippen molar-refractivity contribution in [3.05, 3.63) is 18.2 Å². The van der Waals surface area contributed by atoms with Gasteiger partial charge in [-0.3, -0.25) is 5.10 Å². The van der Waals surface area contributed by atoms with Crippen LogP contribution in [0.1, 0.15) is 12.8 Å². The van der Waals surface area contributed by atoms with Crippen molar-refractivity contribution in [1.82, 2.24) is 15.5 Å². The second-order valence-corrected chi connectivity index (χ2v) is 4.31. The second-order valence-electron chi connectivity index (χ2n) is 4.31. The van der Waals surface area contributed by atoms with Crippen LogP contribution < -0.4 is 10.1 Å². The van der Waals surface area contributed by atoms with E-state index in [-0.39, 0.29) is 11.9 Å². The Bertz CT molecular complexity index is 517. The minimum atomic E-state index is 0.164. The molecule has 0 bridgehead atoms. The van der Waals surface area contributed by atoms with Crippen molar-refractivity contribution >= 4 is 10.9 Å². The Kier molecular flexibility index (Phi) is 2.60. The Morgan fingerprint density at radius 3 is 3.18 bits per heavy atom. The summed E-state index contributed by atoms with van der Waals surface area (Å²) in [5.41, 5.74) is 0.631. The molecule has 3 rings (SSSR count). The van der Waals surface area contributed by atoms with Crippen molar-refractivity contribution in [3.63, 3.8) is 0 Å². The first-order chi connectivity index (χ1) is 8.34. The molecule has 1 fully saturated rings. The van der Waals surface area contributed by atoms with Crippen LogP contribution in [0, 0.1) is 0 Å². The maximum Gasteiger partial charge on any atom is 0.240 e. The zero-order valence-electron chi connectivity index (χ0n) is 9.44. The van der Waals surface area contributed by atoms with E-state index in [0.29, 0.717) is 11.4 Å². The lowest BCUT2D eigenvalue weighted by molar-refractivity contribution is 0.162. The minimum Gasteiger partial charge on any atom is -0.506 e. The first-order valence-corrected chi connectivity index (χ1v) is 5.88. The SMILES string of the molecule is Oc1cccc2c(OC3CCCNC3)n[nH]c12. The molecular formula is C12H15N3O2. The molecule has 0 radical (unpaired) electrons. The maximum absolute atomic E-state index is 9.65. The number of phenolic OH excluding ortho intramolecular Hbond substituents is 1. The molecule has 5 heteroatoms. The van der Waals surface area contributed by atoms with Gasteiger partial charge in [0.1, 0.15) is 17.4 Å². The summed E-state index contributed by atoms with van der Waals surface area (Å²) in [4.78, 5) is 0. The average Bonchev–Trinajstić information content (AvgIpc) is 2.76. The summed E-state index contributed by atoms with van der Waals surface area (Å²) in [6.07, 6.45) is 2.33. The molecule has 0 spiro atoms. The van der Waals surface area contributed by atoms with Crippen molar-refractivity contribution in [2.75, 3.05) is 13.1 Å². The van der Waals surface area contributed by atoms with Gasteiger partial charge in [-0.15, -0.1) is 5.10 Å². The van der Waals surface area contributed by atoms with Gasteiger partial charge in [0.15, 0.2) is 0 Å². The molecule has 1 aromatic carbocycles. The van der Waals surface area contributed by atoms with E-state index in [1.165, 1.54) is 0 Å². The number of aromatic nitrogens is 2. The molecule has 1 atom stereocenters. The molecular weight excluding hydrogens is 218 g/mol. The molecule has 5 nitrogen and oxygen atoms in total. The standard InChI is InChI=1S/C12H15N3O2/c16-10-5-1-4-9-11(10)14-15-12(9)17-8-3-2-6-13-7-8/h1,4-5,8,13,16H,2-3,6-7H2,(H,14,15). The third-order valence-electron chi connectivity index (χ3n) is 3.07. The largest absolute Gasteiger partial charge is 0.506 e. The Labute approximate surface area is 98.8 Å². The highest BCUT2D eigenvalue weighted by molar-refractivity contribution is 5.88. The van der Waals surface area contributed by atoms with Crippen molar-refractivity contribution in [3.8, 4) is 11.6 Å². The van der Waals surface area contributed by atoms with Gasteiger partial charge in [0.25, 0.3) is 0 Å². The molecule has 17 heavy (non-hydrogen) atoms. The van der Waals surface area contributed by atoms with Crippen LogP contribution in [-0.2, 0) is 0 Å². The lowest BCUT2D eigenvalue weighted by Gasteiger charge is -2.22. The highest BCUT2D eigenvalue weighted by Crippen LogP contribution is 2.29. The molecule has 2 aromatic rings.